The van der Waals surface area contributed by atoms with Gasteiger partial charge in [0.1, 0.15) is 5.69 Å². The van der Waals surface area contributed by atoms with Crippen molar-refractivity contribution in [1.82, 2.24) is 5.16 Å². The molecule has 0 saturated heterocycles. The van der Waals surface area contributed by atoms with Gasteiger partial charge >= 0.3 is 0 Å². The molecule has 0 aliphatic heterocycles. The molecule has 1 amide bonds. The number of anilines is 1. The van der Waals surface area contributed by atoms with Crippen LogP contribution in [0.25, 0.3) is 10.6 Å². The van der Waals surface area contributed by atoms with Gasteiger partial charge in [0, 0.05) is 12.0 Å². The Morgan fingerprint density at radius 3 is 3.12 bits per heavy atom. The second kappa shape index (κ2) is 3.75. The summed E-state index contributed by atoms with van der Waals surface area (Å²) >= 11 is 1.59. The van der Waals surface area contributed by atoms with Gasteiger partial charge in [-0.1, -0.05) is 11.2 Å². The molecule has 0 radical (unpaired) electrons. The molecule has 16 heavy (non-hydrogen) atoms. The van der Waals surface area contributed by atoms with Crippen molar-refractivity contribution in [1.29, 1.82) is 0 Å². The highest BCUT2D eigenvalue weighted by molar-refractivity contribution is 7.13. The molecule has 2 aromatic rings. The van der Waals surface area contributed by atoms with Crippen LogP contribution in [-0.2, 0) is 4.79 Å². The number of amides is 1. The van der Waals surface area contributed by atoms with E-state index in [0.717, 1.165) is 23.4 Å². The van der Waals surface area contributed by atoms with Crippen LogP contribution >= 0.6 is 11.3 Å². The van der Waals surface area contributed by atoms with Crippen LogP contribution in [0.1, 0.15) is 12.8 Å². The Hall–Kier alpha value is -1.62. The third kappa shape index (κ3) is 1.86. The van der Waals surface area contributed by atoms with Crippen molar-refractivity contribution >= 4 is 23.1 Å². The molecule has 1 N–H and O–H groups in total. The van der Waals surface area contributed by atoms with E-state index in [4.69, 9.17) is 4.52 Å². The fourth-order valence-electron chi connectivity index (χ4n) is 1.44. The average molecular weight is 234 g/mol. The maximum absolute atomic E-state index is 11.5. The zero-order chi connectivity index (χ0) is 11.0. The van der Waals surface area contributed by atoms with Crippen LogP contribution in [0.15, 0.2) is 28.1 Å². The molecule has 82 valence electrons. The predicted molar refractivity (Wildman–Crippen MR) is 61.2 cm³/mol. The summed E-state index contributed by atoms with van der Waals surface area (Å²) < 4.78 is 5.06. The topological polar surface area (TPSA) is 55.1 Å². The molecule has 3 rings (SSSR count). The van der Waals surface area contributed by atoms with Gasteiger partial charge in [-0.3, -0.25) is 10.1 Å². The van der Waals surface area contributed by atoms with Gasteiger partial charge in [-0.15, -0.1) is 11.3 Å². The summed E-state index contributed by atoms with van der Waals surface area (Å²) in [6.07, 6.45) is 1.97. The fourth-order valence-corrected chi connectivity index (χ4v) is 2.12. The van der Waals surface area contributed by atoms with Crippen LogP contribution in [0.2, 0.25) is 0 Å². The molecule has 0 aromatic carbocycles. The van der Waals surface area contributed by atoms with Gasteiger partial charge in [-0.05, 0) is 24.3 Å². The number of thiophene rings is 1. The van der Waals surface area contributed by atoms with Crippen molar-refractivity contribution in [2.24, 2.45) is 5.92 Å². The number of hydrogen-bond acceptors (Lipinski definition) is 4. The summed E-state index contributed by atoms with van der Waals surface area (Å²) in [4.78, 5) is 12.5. The molecular formula is C11H10N2O2S. The van der Waals surface area contributed by atoms with E-state index >= 15 is 0 Å². The highest BCUT2D eigenvalue weighted by Gasteiger charge is 2.30. The molecule has 5 heteroatoms. The number of carbonyl (C=O) groups is 1. The number of carbonyl (C=O) groups excluding carboxylic acids is 1. The molecular weight excluding hydrogens is 224 g/mol. The van der Waals surface area contributed by atoms with Crippen molar-refractivity contribution in [2.75, 3.05) is 5.32 Å². The van der Waals surface area contributed by atoms with Crippen LogP contribution in [0.3, 0.4) is 0 Å². The number of aromatic nitrogens is 1. The van der Waals surface area contributed by atoms with Gasteiger partial charge in [0.05, 0.1) is 4.88 Å². The zero-order valence-electron chi connectivity index (χ0n) is 8.47. The van der Waals surface area contributed by atoms with Crippen LogP contribution in [-0.4, -0.2) is 11.1 Å². The zero-order valence-corrected chi connectivity index (χ0v) is 9.29. The molecule has 1 aliphatic rings. The molecule has 4 nitrogen and oxygen atoms in total. The molecule has 0 spiro atoms. The minimum Gasteiger partial charge on any atom is -0.338 e. The van der Waals surface area contributed by atoms with Crippen molar-refractivity contribution < 1.29 is 9.32 Å². The predicted octanol–water partition coefficient (Wildman–Crippen LogP) is 2.75. The smallest absolute Gasteiger partial charge is 0.231 e. The van der Waals surface area contributed by atoms with E-state index in [1.54, 1.807) is 17.4 Å². The lowest BCUT2D eigenvalue weighted by Gasteiger charge is -1.95. The van der Waals surface area contributed by atoms with Crippen molar-refractivity contribution in [3.8, 4) is 10.6 Å². The molecule has 2 aromatic heterocycles. The maximum Gasteiger partial charge on any atom is 0.231 e. The van der Waals surface area contributed by atoms with Gasteiger partial charge in [-0.2, -0.15) is 0 Å². The van der Waals surface area contributed by atoms with E-state index in [9.17, 15) is 4.79 Å². The Morgan fingerprint density at radius 2 is 2.44 bits per heavy atom. The first-order valence-corrected chi connectivity index (χ1v) is 6.02. The molecule has 1 saturated carbocycles. The van der Waals surface area contributed by atoms with E-state index < -0.39 is 0 Å². The van der Waals surface area contributed by atoms with E-state index in [1.807, 2.05) is 17.5 Å². The third-order valence-electron chi connectivity index (χ3n) is 2.48. The maximum atomic E-state index is 11.5. The van der Waals surface area contributed by atoms with Gasteiger partial charge in [0.25, 0.3) is 0 Å². The highest BCUT2D eigenvalue weighted by Crippen LogP contribution is 2.31. The van der Waals surface area contributed by atoms with Crippen molar-refractivity contribution in [2.45, 2.75) is 12.8 Å². The lowest BCUT2D eigenvalue weighted by atomic mass is 10.3. The van der Waals surface area contributed by atoms with Crippen molar-refractivity contribution in [3.63, 3.8) is 0 Å². The quantitative estimate of drug-likeness (QED) is 0.888. The van der Waals surface area contributed by atoms with Gasteiger partial charge in [-0.25, -0.2) is 0 Å². The Labute approximate surface area is 96.3 Å². The first-order chi connectivity index (χ1) is 7.83. The number of rotatable bonds is 3. The number of nitrogens with one attached hydrogen (secondary N) is 1. The van der Waals surface area contributed by atoms with Crippen LogP contribution in [0.4, 0.5) is 5.88 Å². The number of hydrogen-bond donors (Lipinski definition) is 1. The molecule has 0 bridgehead atoms. The van der Waals surface area contributed by atoms with Gasteiger partial charge in [0.2, 0.25) is 11.8 Å². The summed E-state index contributed by atoms with van der Waals surface area (Å²) in [5.41, 5.74) is 0.765. The second-order valence-electron chi connectivity index (χ2n) is 3.82. The Kier molecular flexibility index (Phi) is 2.25. The highest BCUT2D eigenvalue weighted by atomic mass is 32.1. The Balaban J connectivity index is 1.75. The van der Waals surface area contributed by atoms with Crippen molar-refractivity contribution in [3.05, 3.63) is 23.6 Å². The average Bonchev–Trinajstić information content (AvgIpc) is 2.80. The van der Waals surface area contributed by atoms with E-state index in [0.29, 0.717) is 5.88 Å². The monoisotopic (exact) mass is 234 g/mol. The van der Waals surface area contributed by atoms with Crippen LogP contribution in [0, 0.1) is 5.92 Å². The van der Waals surface area contributed by atoms with E-state index in [2.05, 4.69) is 10.5 Å². The SMILES string of the molecule is O=C(Nc1cc(-c2cccs2)no1)C1CC1. The van der Waals surface area contributed by atoms with E-state index in [1.165, 1.54) is 0 Å². The minimum atomic E-state index is 0.0360. The summed E-state index contributed by atoms with van der Waals surface area (Å²) in [5, 5.41) is 8.61. The minimum absolute atomic E-state index is 0.0360. The fraction of sp³-hybridized carbons (Fsp3) is 0.273. The summed E-state index contributed by atoms with van der Waals surface area (Å²) in [6.45, 7) is 0. The Morgan fingerprint density at radius 1 is 1.56 bits per heavy atom. The summed E-state index contributed by atoms with van der Waals surface area (Å²) in [5.74, 6) is 0.643. The normalized spacial score (nSPS) is 15.0. The molecule has 1 fully saturated rings. The van der Waals surface area contributed by atoms with E-state index in [-0.39, 0.29) is 11.8 Å². The molecule has 0 atom stereocenters. The molecule has 1 aliphatic carbocycles. The van der Waals surface area contributed by atoms with Crippen LogP contribution < -0.4 is 5.32 Å². The first kappa shape index (κ1) is 9.59. The number of nitrogens with zero attached hydrogens (tertiary/aromatic N) is 1. The summed E-state index contributed by atoms with van der Waals surface area (Å²) in [6, 6.07) is 5.68. The van der Waals surface area contributed by atoms with Gasteiger partial charge in [0.15, 0.2) is 0 Å². The standard InChI is InChI=1S/C11H10N2O2S/c14-11(7-3-4-7)12-10-6-8(13-15-10)9-2-1-5-16-9/h1-2,5-7H,3-4H2,(H,12,14). The largest absolute Gasteiger partial charge is 0.338 e. The van der Waals surface area contributed by atoms with Gasteiger partial charge < -0.3 is 4.52 Å². The Bertz CT molecular complexity index is 500. The second-order valence-corrected chi connectivity index (χ2v) is 4.76. The third-order valence-corrected chi connectivity index (χ3v) is 3.37. The first-order valence-electron chi connectivity index (χ1n) is 5.14. The van der Waals surface area contributed by atoms with Crippen LogP contribution in [0.5, 0.6) is 0 Å². The summed E-state index contributed by atoms with van der Waals surface area (Å²) in [7, 11) is 0. The lowest BCUT2D eigenvalue weighted by Crippen LogP contribution is -2.12. The lowest BCUT2D eigenvalue weighted by molar-refractivity contribution is -0.117. The molecule has 0 unspecified atom stereocenters. The molecule has 2 heterocycles.